The third-order valence-electron chi connectivity index (χ3n) is 4.82. The van der Waals surface area contributed by atoms with Crippen LogP contribution in [-0.2, 0) is 16.1 Å². The number of morpholine rings is 1. The predicted octanol–water partition coefficient (Wildman–Crippen LogP) is 4.38. The summed E-state index contributed by atoms with van der Waals surface area (Å²) in [5, 5.41) is 6.07. The molecule has 158 valence electrons. The molecule has 1 saturated heterocycles. The lowest BCUT2D eigenvalue weighted by Gasteiger charge is -2.34. The molecule has 2 aliphatic rings. The van der Waals surface area contributed by atoms with Gasteiger partial charge in [-0.15, -0.1) is 11.3 Å². The van der Waals surface area contributed by atoms with E-state index in [4.69, 9.17) is 21.1 Å². The van der Waals surface area contributed by atoms with Gasteiger partial charge < -0.3 is 9.47 Å². The smallest absolute Gasteiger partial charge is 0.250 e. The van der Waals surface area contributed by atoms with E-state index in [1.165, 1.54) is 17.4 Å². The van der Waals surface area contributed by atoms with E-state index in [-0.39, 0.29) is 18.1 Å². The van der Waals surface area contributed by atoms with E-state index < -0.39 is 0 Å². The van der Waals surface area contributed by atoms with Gasteiger partial charge in [0.25, 0.3) is 0 Å². The Bertz CT molecular complexity index is 978. The first-order valence-corrected chi connectivity index (χ1v) is 11.1. The monoisotopic (exact) mass is 445 g/mol. The van der Waals surface area contributed by atoms with Crippen LogP contribution in [0.4, 0.5) is 5.13 Å². The molecule has 0 spiro atoms. The summed E-state index contributed by atoms with van der Waals surface area (Å²) in [6.45, 7) is 7.11. The van der Waals surface area contributed by atoms with Crippen molar-refractivity contribution >= 4 is 40.1 Å². The second-order valence-electron chi connectivity index (χ2n) is 7.61. The summed E-state index contributed by atoms with van der Waals surface area (Å²) in [4.78, 5) is 19.2. The molecule has 1 fully saturated rings. The maximum absolute atomic E-state index is 12.3. The van der Waals surface area contributed by atoms with Crippen LogP contribution in [-0.4, -0.2) is 47.7 Å². The normalized spacial score (nSPS) is 21.8. The van der Waals surface area contributed by atoms with Crippen LogP contribution >= 0.6 is 22.9 Å². The molecule has 0 radical (unpaired) electrons. The van der Waals surface area contributed by atoms with Gasteiger partial charge in [0.1, 0.15) is 12.4 Å². The first-order chi connectivity index (χ1) is 14.4. The molecule has 2 atom stereocenters. The summed E-state index contributed by atoms with van der Waals surface area (Å²) in [6.07, 6.45) is 5.66. The van der Waals surface area contributed by atoms with E-state index >= 15 is 0 Å². The number of anilines is 1. The highest BCUT2D eigenvalue weighted by Gasteiger charge is 2.22. The molecule has 2 aliphatic heterocycles. The Balaban J connectivity index is 1.32. The van der Waals surface area contributed by atoms with Gasteiger partial charge in [0.15, 0.2) is 5.13 Å². The van der Waals surface area contributed by atoms with E-state index in [1.807, 2.05) is 23.6 Å². The molecular weight excluding hydrogens is 422 g/mol. The summed E-state index contributed by atoms with van der Waals surface area (Å²) in [5.74, 6) is 0.572. The number of ether oxygens (including phenoxy) is 2. The minimum Gasteiger partial charge on any atom is -0.488 e. The highest BCUT2D eigenvalue weighted by molar-refractivity contribution is 7.13. The van der Waals surface area contributed by atoms with Crippen molar-refractivity contribution < 1.29 is 14.3 Å². The molecule has 2 aromatic rings. The molecule has 1 N–H and O–H groups in total. The van der Waals surface area contributed by atoms with Crippen molar-refractivity contribution in [2.24, 2.45) is 0 Å². The van der Waals surface area contributed by atoms with Crippen LogP contribution in [0.1, 0.15) is 25.1 Å². The third-order valence-corrected chi connectivity index (χ3v) is 5.86. The van der Waals surface area contributed by atoms with Gasteiger partial charge in [-0.25, -0.2) is 4.98 Å². The lowest BCUT2D eigenvalue weighted by Crippen LogP contribution is -2.44. The average molecular weight is 446 g/mol. The zero-order valence-corrected chi connectivity index (χ0v) is 18.5. The second-order valence-corrected chi connectivity index (χ2v) is 8.90. The number of amides is 1. The maximum Gasteiger partial charge on any atom is 0.250 e. The van der Waals surface area contributed by atoms with E-state index in [1.54, 1.807) is 12.1 Å². The molecule has 6 nitrogen and oxygen atoms in total. The Morgan fingerprint density at radius 3 is 2.97 bits per heavy atom. The molecule has 4 rings (SSSR count). The fraction of sp³-hybridized carbons (Fsp3) is 0.364. The van der Waals surface area contributed by atoms with Gasteiger partial charge in [-0.2, -0.15) is 0 Å². The van der Waals surface area contributed by atoms with Crippen LogP contribution in [0.5, 0.6) is 5.75 Å². The van der Waals surface area contributed by atoms with Gasteiger partial charge in [-0.3, -0.25) is 15.0 Å². The number of carbonyl (C=O) groups is 1. The highest BCUT2D eigenvalue weighted by atomic mass is 35.5. The van der Waals surface area contributed by atoms with Gasteiger partial charge in [-0.1, -0.05) is 17.7 Å². The molecule has 0 saturated carbocycles. The zero-order chi connectivity index (χ0) is 21.1. The molecule has 1 aromatic heterocycles. The first kappa shape index (κ1) is 21.1. The van der Waals surface area contributed by atoms with Gasteiger partial charge >= 0.3 is 0 Å². The van der Waals surface area contributed by atoms with Crippen molar-refractivity contribution in [3.63, 3.8) is 0 Å². The summed E-state index contributed by atoms with van der Waals surface area (Å²) in [5.41, 5.74) is 2.76. The van der Waals surface area contributed by atoms with Crippen LogP contribution in [0.25, 0.3) is 6.08 Å². The van der Waals surface area contributed by atoms with Gasteiger partial charge in [-0.05, 0) is 43.7 Å². The van der Waals surface area contributed by atoms with Crippen molar-refractivity contribution in [1.29, 1.82) is 0 Å². The third kappa shape index (κ3) is 5.49. The topological polar surface area (TPSA) is 63.7 Å². The number of halogens is 1. The fourth-order valence-electron chi connectivity index (χ4n) is 3.67. The van der Waals surface area contributed by atoms with Crippen molar-refractivity contribution in [3.8, 4) is 5.75 Å². The van der Waals surface area contributed by atoms with E-state index in [9.17, 15) is 4.79 Å². The van der Waals surface area contributed by atoms with Crippen molar-refractivity contribution in [3.05, 3.63) is 57.6 Å². The Morgan fingerprint density at radius 1 is 1.37 bits per heavy atom. The Hall–Kier alpha value is -2.19. The van der Waals surface area contributed by atoms with Crippen LogP contribution < -0.4 is 10.1 Å². The standard InChI is InChI=1S/C22H24ClN3O3S/c1-14-9-26(10-15(2)29-14)11-19-13-30-22(24-19)25-21(27)6-3-16-7-17-8-18(23)4-5-20(17)28-12-16/h3-8,13-15H,9-12H2,1-2H3,(H,24,25,27)/b6-3+. The molecule has 0 bridgehead atoms. The highest BCUT2D eigenvalue weighted by Crippen LogP contribution is 2.29. The molecule has 0 aliphatic carbocycles. The number of aromatic nitrogens is 1. The molecule has 30 heavy (non-hydrogen) atoms. The Labute approximate surface area is 185 Å². The van der Waals surface area contributed by atoms with Crippen molar-refractivity contribution in [2.75, 3.05) is 25.0 Å². The van der Waals surface area contributed by atoms with Crippen LogP contribution in [0.15, 0.2) is 41.3 Å². The van der Waals surface area contributed by atoms with E-state index in [2.05, 4.69) is 29.0 Å². The molecule has 2 unspecified atom stereocenters. The van der Waals surface area contributed by atoms with Crippen molar-refractivity contribution in [1.82, 2.24) is 9.88 Å². The number of nitrogens with one attached hydrogen (secondary N) is 1. The zero-order valence-electron chi connectivity index (χ0n) is 16.9. The molecule has 3 heterocycles. The molecule has 1 amide bonds. The van der Waals surface area contributed by atoms with Gasteiger partial charge in [0, 0.05) is 41.7 Å². The Morgan fingerprint density at radius 2 is 2.17 bits per heavy atom. The summed E-state index contributed by atoms with van der Waals surface area (Å²) in [6, 6.07) is 5.49. The van der Waals surface area contributed by atoms with Gasteiger partial charge in [0.05, 0.1) is 17.9 Å². The van der Waals surface area contributed by atoms with E-state index in [0.717, 1.165) is 42.2 Å². The molecular formula is C22H24ClN3O3S. The van der Waals surface area contributed by atoms with Crippen molar-refractivity contribution in [2.45, 2.75) is 32.6 Å². The minimum atomic E-state index is -0.220. The quantitative estimate of drug-likeness (QED) is 0.692. The first-order valence-electron chi connectivity index (χ1n) is 9.89. The number of rotatable bonds is 5. The predicted molar refractivity (Wildman–Crippen MR) is 120 cm³/mol. The van der Waals surface area contributed by atoms with Crippen LogP contribution in [0.3, 0.4) is 0 Å². The fourth-order valence-corrected chi connectivity index (χ4v) is 4.56. The number of nitrogens with zero attached hydrogens (tertiary/aromatic N) is 2. The summed E-state index contributed by atoms with van der Waals surface area (Å²) in [7, 11) is 0. The van der Waals surface area contributed by atoms with Crippen LogP contribution in [0.2, 0.25) is 5.02 Å². The minimum absolute atomic E-state index is 0.220. The SMILES string of the molecule is CC1CN(Cc2csc(NC(=O)/C=C/C3=Cc4cc(Cl)ccc4OC3)n2)CC(C)O1. The second kappa shape index (κ2) is 9.31. The van der Waals surface area contributed by atoms with Crippen LogP contribution in [0, 0.1) is 0 Å². The van der Waals surface area contributed by atoms with Gasteiger partial charge in [0.2, 0.25) is 5.91 Å². The lowest BCUT2D eigenvalue weighted by atomic mass is 10.1. The molecule has 1 aromatic carbocycles. The summed E-state index contributed by atoms with van der Waals surface area (Å²) < 4.78 is 11.5. The Kier molecular flexibility index (Phi) is 6.53. The number of thiazole rings is 1. The largest absolute Gasteiger partial charge is 0.488 e. The number of hydrogen-bond donors (Lipinski definition) is 1. The lowest BCUT2D eigenvalue weighted by molar-refractivity contribution is -0.111. The number of carbonyl (C=O) groups excluding carboxylic acids is 1. The average Bonchev–Trinajstić information content (AvgIpc) is 3.11. The number of fused-ring (bicyclic) bond motifs is 1. The number of benzene rings is 1. The maximum atomic E-state index is 12.3. The molecule has 8 heteroatoms. The number of hydrogen-bond acceptors (Lipinski definition) is 6. The van der Waals surface area contributed by atoms with E-state index in [0.29, 0.717) is 16.8 Å². The summed E-state index contributed by atoms with van der Waals surface area (Å²) >= 11 is 7.47.